The standard InChI is InChI=1S/C25H22O5/c1-6-24(26)29-17(5)16(4)28-22-9-7-18-12-21-14-23(30-25(27)15(2)3)10-8-19(21)11-20(18)13-22/h6-14H,1-2H2,3-5H3. The average Bonchev–Trinajstić information content (AvgIpc) is 2.71. The number of carbonyl (C=O) groups is 2. The molecule has 0 radical (unpaired) electrons. The SMILES string of the molecule is C=CC(=O)OC(C)=C(C)Oc1ccc2cc3cc(OC(=O)C(=C)C)ccc3cc2c1. The maximum Gasteiger partial charge on any atom is 0.338 e. The van der Waals surface area contributed by atoms with Gasteiger partial charge in [-0.2, -0.15) is 0 Å². The molecule has 0 amide bonds. The summed E-state index contributed by atoms with van der Waals surface area (Å²) >= 11 is 0. The van der Waals surface area contributed by atoms with Crippen molar-refractivity contribution in [3.8, 4) is 11.5 Å². The van der Waals surface area contributed by atoms with Gasteiger partial charge in [-0.3, -0.25) is 0 Å². The number of fused-ring (bicyclic) bond motifs is 2. The van der Waals surface area contributed by atoms with Crippen LogP contribution >= 0.6 is 0 Å². The lowest BCUT2D eigenvalue weighted by molar-refractivity contribution is -0.134. The quantitative estimate of drug-likeness (QED) is 0.171. The van der Waals surface area contributed by atoms with Crippen LogP contribution < -0.4 is 9.47 Å². The molecule has 0 fully saturated rings. The van der Waals surface area contributed by atoms with E-state index in [0.29, 0.717) is 28.6 Å². The summed E-state index contributed by atoms with van der Waals surface area (Å²) in [6.45, 7) is 12.0. The third-order valence-corrected chi connectivity index (χ3v) is 4.48. The van der Waals surface area contributed by atoms with Crippen molar-refractivity contribution in [1.29, 1.82) is 0 Å². The van der Waals surface area contributed by atoms with Gasteiger partial charge in [-0.25, -0.2) is 9.59 Å². The Hall–Kier alpha value is -3.86. The number of hydrogen-bond acceptors (Lipinski definition) is 5. The molecule has 3 rings (SSSR count). The Morgan fingerprint density at radius 3 is 1.80 bits per heavy atom. The normalized spacial score (nSPS) is 11.6. The lowest BCUT2D eigenvalue weighted by atomic mass is 10.0. The van der Waals surface area contributed by atoms with E-state index in [2.05, 4.69) is 13.2 Å². The largest absolute Gasteiger partial charge is 0.458 e. The van der Waals surface area contributed by atoms with E-state index in [4.69, 9.17) is 14.2 Å². The van der Waals surface area contributed by atoms with Gasteiger partial charge in [0, 0.05) is 11.6 Å². The van der Waals surface area contributed by atoms with Crippen molar-refractivity contribution in [1.82, 2.24) is 0 Å². The molecule has 3 aromatic rings. The maximum atomic E-state index is 11.7. The Labute approximate surface area is 174 Å². The van der Waals surface area contributed by atoms with E-state index in [-0.39, 0.29) is 0 Å². The van der Waals surface area contributed by atoms with Crippen molar-refractivity contribution in [2.24, 2.45) is 0 Å². The van der Waals surface area contributed by atoms with Crippen molar-refractivity contribution in [2.45, 2.75) is 20.8 Å². The molecule has 152 valence electrons. The summed E-state index contributed by atoms with van der Waals surface area (Å²) in [7, 11) is 0. The van der Waals surface area contributed by atoms with Gasteiger partial charge >= 0.3 is 11.9 Å². The number of ether oxygens (including phenoxy) is 3. The molecular weight excluding hydrogens is 380 g/mol. The van der Waals surface area contributed by atoms with Gasteiger partial charge in [-0.15, -0.1) is 0 Å². The fourth-order valence-corrected chi connectivity index (χ4v) is 2.79. The second kappa shape index (κ2) is 8.66. The lowest BCUT2D eigenvalue weighted by Crippen LogP contribution is -2.07. The van der Waals surface area contributed by atoms with E-state index in [1.807, 2.05) is 42.5 Å². The van der Waals surface area contributed by atoms with Crippen molar-refractivity contribution < 1.29 is 23.8 Å². The highest BCUT2D eigenvalue weighted by molar-refractivity contribution is 5.99. The minimum absolute atomic E-state index is 0.347. The number of rotatable bonds is 6. The zero-order valence-corrected chi connectivity index (χ0v) is 17.2. The van der Waals surface area contributed by atoms with Gasteiger partial charge in [0.2, 0.25) is 0 Å². The molecule has 30 heavy (non-hydrogen) atoms. The summed E-state index contributed by atoms with van der Waals surface area (Å²) in [4.78, 5) is 23.1. The summed E-state index contributed by atoms with van der Waals surface area (Å²) in [5, 5.41) is 3.94. The molecule has 0 aliphatic heterocycles. The number of esters is 2. The molecule has 0 saturated carbocycles. The predicted octanol–water partition coefficient (Wildman–Crippen LogP) is 5.83. The Morgan fingerprint density at radius 2 is 1.30 bits per heavy atom. The molecular formula is C25H22O5. The molecule has 5 nitrogen and oxygen atoms in total. The predicted molar refractivity (Wildman–Crippen MR) is 117 cm³/mol. The summed E-state index contributed by atoms with van der Waals surface area (Å²) in [6, 6.07) is 15.2. The van der Waals surface area contributed by atoms with Crippen LogP contribution in [0.3, 0.4) is 0 Å². The van der Waals surface area contributed by atoms with Crippen LogP contribution in [0.15, 0.2) is 84.9 Å². The minimum Gasteiger partial charge on any atom is -0.458 e. The van der Waals surface area contributed by atoms with Gasteiger partial charge in [-0.1, -0.05) is 25.3 Å². The third-order valence-electron chi connectivity index (χ3n) is 4.48. The average molecular weight is 402 g/mol. The fraction of sp³-hybridized carbons (Fsp3) is 0.120. The van der Waals surface area contributed by atoms with E-state index in [0.717, 1.165) is 27.6 Å². The first-order chi connectivity index (χ1) is 14.3. The number of allylic oxidation sites excluding steroid dienone is 2. The number of benzene rings is 3. The smallest absolute Gasteiger partial charge is 0.338 e. The first-order valence-corrected chi connectivity index (χ1v) is 9.31. The van der Waals surface area contributed by atoms with E-state index in [1.165, 1.54) is 0 Å². The highest BCUT2D eigenvalue weighted by Gasteiger charge is 2.09. The first-order valence-electron chi connectivity index (χ1n) is 9.31. The van der Waals surface area contributed by atoms with Crippen LogP contribution in [0.1, 0.15) is 20.8 Å². The summed E-state index contributed by atoms with van der Waals surface area (Å²) in [5.74, 6) is 0.966. The van der Waals surface area contributed by atoms with Crippen LogP contribution in [-0.2, 0) is 14.3 Å². The molecule has 0 aliphatic rings. The monoisotopic (exact) mass is 402 g/mol. The molecule has 0 N–H and O–H groups in total. The van der Waals surface area contributed by atoms with Crippen LogP contribution in [0.5, 0.6) is 11.5 Å². The second-order valence-electron chi connectivity index (χ2n) is 6.88. The summed E-state index contributed by atoms with van der Waals surface area (Å²) in [6.07, 6.45) is 1.10. The van der Waals surface area contributed by atoms with Crippen LogP contribution in [-0.4, -0.2) is 11.9 Å². The molecule has 5 heteroatoms. The molecule has 3 aromatic carbocycles. The molecule has 0 atom stereocenters. The Morgan fingerprint density at radius 1 is 0.767 bits per heavy atom. The molecule has 0 saturated heterocycles. The van der Waals surface area contributed by atoms with Crippen molar-refractivity contribution in [2.75, 3.05) is 0 Å². The van der Waals surface area contributed by atoms with Crippen LogP contribution in [0, 0.1) is 0 Å². The van der Waals surface area contributed by atoms with Gasteiger partial charge in [-0.05, 0) is 78.7 Å². The van der Waals surface area contributed by atoms with E-state index >= 15 is 0 Å². The molecule has 0 aromatic heterocycles. The highest BCUT2D eigenvalue weighted by atomic mass is 16.6. The van der Waals surface area contributed by atoms with Gasteiger partial charge < -0.3 is 14.2 Å². The molecule has 0 bridgehead atoms. The summed E-state index contributed by atoms with van der Waals surface area (Å²) < 4.78 is 16.2. The maximum absolute atomic E-state index is 11.7. The zero-order valence-electron chi connectivity index (χ0n) is 17.2. The minimum atomic E-state index is -0.534. The second-order valence-corrected chi connectivity index (χ2v) is 6.88. The topological polar surface area (TPSA) is 61.8 Å². The van der Waals surface area contributed by atoms with Gasteiger partial charge in [0.1, 0.15) is 23.0 Å². The molecule has 0 heterocycles. The van der Waals surface area contributed by atoms with Crippen molar-refractivity contribution >= 4 is 33.5 Å². The van der Waals surface area contributed by atoms with E-state index < -0.39 is 11.9 Å². The van der Waals surface area contributed by atoms with Crippen molar-refractivity contribution in [3.05, 3.63) is 84.9 Å². The Balaban J connectivity index is 1.89. The zero-order chi connectivity index (χ0) is 21.8. The first kappa shape index (κ1) is 20.9. The third kappa shape index (κ3) is 4.75. The number of hydrogen-bond donors (Lipinski definition) is 0. The Bertz CT molecular complexity index is 1220. The number of carbonyl (C=O) groups excluding carboxylic acids is 2. The summed E-state index contributed by atoms with van der Waals surface area (Å²) in [5.41, 5.74) is 0.347. The van der Waals surface area contributed by atoms with E-state index in [9.17, 15) is 9.59 Å². The van der Waals surface area contributed by atoms with Crippen molar-refractivity contribution in [3.63, 3.8) is 0 Å². The van der Waals surface area contributed by atoms with E-state index in [1.54, 1.807) is 26.8 Å². The van der Waals surface area contributed by atoms with Crippen LogP contribution in [0.4, 0.5) is 0 Å². The fourth-order valence-electron chi connectivity index (χ4n) is 2.79. The van der Waals surface area contributed by atoms with Gasteiger partial charge in [0.15, 0.2) is 0 Å². The lowest BCUT2D eigenvalue weighted by Gasteiger charge is -2.11. The molecule has 0 unspecified atom stereocenters. The highest BCUT2D eigenvalue weighted by Crippen LogP contribution is 2.29. The van der Waals surface area contributed by atoms with Crippen LogP contribution in [0.25, 0.3) is 21.5 Å². The molecule has 0 aliphatic carbocycles. The Kier molecular flexibility index (Phi) is 6.02. The van der Waals surface area contributed by atoms with Gasteiger partial charge in [0.25, 0.3) is 0 Å². The molecule has 0 spiro atoms. The van der Waals surface area contributed by atoms with Crippen LogP contribution in [0.2, 0.25) is 0 Å². The van der Waals surface area contributed by atoms with Gasteiger partial charge in [0.05, 0.1) is 0 Å².